The summed E-state index contributed by atoms with van der Waals surface area (Å²) in [6.45, 7) is 2.00. The van der Waals surface area contributed by atoms with E-state index in [1.807, 2.05) is 29.2 Å². The molecule has 2 aromatic heterocycles. The van der Waals surface area contributed by atoms with Gasteiger partial charge in [-0.1, -0.05) is 6.07 Å². The molecule has 1 amide bonds. The van der Waals surface area contributed by atoms with Gasteiger partial charge in [-0.2, -0.15) is 5.10 Å². The molecule has 2 aromatic rings. The summed E-state index contributed by atoms with van der Waals surface area (Å²) in [4.78, 5) is 18.3. The fourth-order valence-corrected chi connectivity index (χ4v) is 3.01. The van der Waals surface area contributed by atoms with E-state index >= 15 is 0 Å². The van der Waals surface area contributed by atoms with Crippen LogP contribution in [0.1, 0.15) is 41.4 Å². The van der Waals surface area contributed by atoms with Crippen molar-refractivity contribution in [1.29, 1.82) is 0 Å². The zero-order valence-corrected chi connectivity index (χ0v) is 13.5. The number of nitrogens with zero attached hydrogens (tertiary/aromatic N) is 4. The van der Waals surface area contributed by atoms with Gasteiger partial charge >= 0.3 is 0 Å². The van der Waals surface area contributed by atoms with Crippen LogP contribution < -0.4 is 4.74 Å². The number of ether oxygens (including phenoxy) is 1. The van der Waals surface area contributed by atoms with Gasteiger partial charge in [0.05, 0.1) is 12.3 Å². The number of rotatable bonds is 5. The lowest BCUT2D eigenvalue weighted by atomic mass is 10.1. The molecule has 124 valence electrons. The van der Waals surface area contributed by atoms with E-state index < -0.39 is 0 Å². The molecule has 6 nitrogen and oxygen atoms in total. The summed E-state index contributed by atoms with van der Waals surface area (Å²) < 4.78 is 5.75. The van der Waals surface area contributed by atoms with Gasteiger partial charge in [0.25, 0.3) is 5.91 Å². The number of carbonyl (C=O) groups excluding carboxylic acids is 1. The number of hydrogen-bond donors (Lipinski definition) is 0. The van der Waals surface area contributed by atoms with E-state index in [0.717, 1.165) is 18.7 Å². The van der Waals surface area contributed by atoms with Crippen molar-refractivity contribution in [3.63, 3.8) is 0 Å². The lowest BCUT2D eigenvalue weighted by Crippen LogP contribution is -2.30. The van der Waals surface area contributed by atoms with E-state index in [9.17, 15) is 4.79 Å². The number of amides is 1. The monoisotopic (exact) mass is 324 g/mol. The minimum absolute atomic E-state index is 0.00771. The maximum Gasteiger partial charge on any atom is 0.272 e. The van der Waals surface area contributed by atoms with Gasteiger partial charge in [0.15, 0.2) is 0 Å². The molecule has 4 rings (SSSR count). The molecule has 2 fully saturated rings. The van der Waals surface area contributed by atoms with Crippen molar-refractivity contribution in [2.75, 3.05) is 19.7 Å². The molecule has 6 heteroatoms. The Morgan fingerprint density at radius 2 is 2.08 bits per heavy atom. The first-order valence-corrected chi connectivity index (χ1v) is 8.46. The zero-order chi connectivity index (χ0) is 16.4. The molecule has 3 heterocycles. The van der Waals surface area contributed by atoms with Crippen LogP contribution in [0, 0.1) is 5.92 Å². The van der Waals surface area contributed by atoms with E-state index in [1.54, 1.807) is 12.3 Å². The van der Waals surface area contributed by atoms with Gasteiger partial charge in [-0.15, -0.1) is 5.10 Å². The third kappa shape index (κ3) is 3.37. The molecule has 0 radical (unpaired) electrons. The molecule has 1 saturated heterocycles. The van der Waals surface area contributed by atoms with E-state index in [0.29, 0.717) is 36.6 Å². The summed E-state index contributed by atoms with van der Waals surface area (Å²) in [7, 11) is 0. The van der Waals surface area contributed by atoms with Crippen LogP contribution in [0.4, 0.5) is 0 Å². The average Bonchev–Trinajstić information content (AvgIpc) is 3.38. The number of hydrogen-bond acceptors (Lipinski definition) is 5. The van der Waals surface area contributed by atoms with E-state index in [1.165, 1.54) is 12.8 Å². The van der Waals surface area contributed by atoms with E-state index in [2.05, 4.69) is 15.2 Å². The van der Waals surface area contributed by atoms with Crippen LogP contribution in [0.15, 0.2) is 36.5 Å². The van der Waals surface area contributed by atoms with Gasteiger partial charge in [0.2, 0.25) is 5.88 Å². The first-order chi connectivity index (χ1) is 11.8. The van der Waals surface area contributed by atoms with Crippen molar-refractivity contribution >= 4 is 5.91 Å². The molecule has 24 heavy (non-hydrogen) atoms. The van der Waals surface area contributed by atoms with Gasteiger partial charge in [0, 0.05) is 37.2 Å². The normalized spacial score (nSPS) is 20.2. The van der Waals surface area contributed by atoms with E-state index in [-0.39, 0.29) is 5.91 Å². The molecule has 2 aliphatic rings. The predicted molar refractivity (Wildman–Crippen MR) is 87.7 cm³/mol. The van der Waals surface area contributed by atoms with Crippen molar-refractivity contribution < 1.29 is 9.53 Å². The second-order valence-electron chi connectivity index (χ2n) is 6.50. The Balaban J connectivity index is 1.28. The highest BCUT2D eigenvalue weighted by Crippen LogP contribution is 2.38. The summed E-state index contributed by atoms with van der Waals surface area (Å²) >= 11 is 0. The molecule has 1 saturated carbocycles. The second-order valence-corrected chi connectivity index (χ2v) is 6.50. The molecule has 0 N–H and O–H groups in total. The van der Waals surface area contributed by atoms with Crippen molar-refractivity contribution in [3.8, 4) is 5.88 Å². The Labute approximate surface area is 140 Å². The molecular weight excluding hydrogens is 304 g/mol. The molecule has 1 unspecified atom stereocenters. The highest BCUT2D eigenvalue weighted by molar-refractivity contribution is 5.92. The summed E-state index contributed by atoms with van der Waals surface area (Å²) in [5, 5.41) is 8.36. The average molecular weight is 324 g/mol. The molecule has 1 aliphatic carbocycles. The third-order valence-electron chi connectivity index (χ3n) is 4.58. The van der Waals surface area contributed by atoms with Crippen molar-refractivity contribution in [1.82, 2.24) is 20.1 Å². The summed E-state index contributed by atoms with van der Waals surface area (Å²) in [6, 6.07) is 9.30. The van der Waals surface area contributed by atoms with Gasteiger partial charge in [-0.25, -0.2) is 0 Å². The standard InChI is InChI=1S/C18H20N4O2/c23-18(16-3-1-2-9-19-16)22-10-8-13(11-22)12-24-17-7-6-15(20-21-17)14-4-5-14/h1-3,6-7,9,13-14H,4-5,8,10-12H2. The predicted octanol–water partition coefficient (Wildman–Crippen LogP) is 2.29. The zero-order valence-electron chi connectivity index (χ0n) is 13.5. The van der Waals surface area contributed by atoms with Gasteiger partial charge in [-0.3, -0.25) is 9.78 Å². The van der Waals surface area contributed by atoms with Crippen LogP contribution >= 0.6 is 0 Å². The van der Waals surface area contributed by atoms with Crippen LogP contribution in [0.25, 0.3) is 0 Å². The molecule has 0 bridgehead atoms. The number of likely N-dealkylation sites (tertiary alicyclic amines) is 1. The summed E-state index contributed by atoms with van der Waals surface area (Å²) in [5.74, 6) is 1.48. The maximum atomic E-state index is 12.4. The fraction of sp³-hybridized carbons (Fsp3) is 0.444. The first-order valence-electron chi connectivity index (χ1n) is 8.46. The first kappa shape index (κ1) is 15.1. The Hall–Kier alpha value is -2.50. The Morgan fingerprint density at radius 1 is 1.17 bits per heavy atom. The number of aromatic nitrogens is 3. The molecule has 1 atom stereocenters. The van der Waals surface area contributed by atoms with Crippen LogP contribution in [-0.2, 0) is 0 Å². The fourth-order valence-electron chi connectivity index (χ4n) is 3.01. The van der Waals surface area contributed by atoms with Gasteiger partial charge in [-0.05, 0) is 37.5 Å². The van der Waals surface area contributed by atoms with Crippen molar-refractivity contribution in [2.45, 2.75) is 25.2 Å². The van der Waals surface area contributed by atoms with E-state index in [4.69, 9.17) is 4.74 Å². The van der Waals surface area contributed by atoms with Crippen molar-refractivity contribution in [3.05, 3.63) is 47.9 Å². The number of pyridine rings is 1. The van der Waals surface area contributed by atoms with Crippen LogP contribution in [0.2, 0.25) is 0 Å². The van der Waals surface area contributed by atoms with Crippen molar-refractivity contribution in [2.24, 2.45) is 5.92 Å². The SMILES string of the molecule is O=C(c1ccccn1)N1CCC(COc2ccc(C3CC3)nn2)C1. The van der Waals surface area contributed by atoms with Crippen LogP contribution in [0.3, 0.4) is 0 Å². The minimum Gasteiger partial charge on any atom is -0.476 e. The Bertz CT molecular complexity index is 701. The molecule has 1 aliphatic heterocycles. The van der Waals surface area contributed by atoms with Gasteiger partial charge in [0.1, 0.15) is 5.69 Å². The highest BCUT2D eigenvalue weighted by atomic mass is 16.5. The topological polar surface area (TPSA) is 68.2 Å². The Morgan fingerprint density at radius 3 is 2.79 bits per heavy atom. The Kier molecular flexibility index (Phi) is 4.11. The molecule has 0 spiro atoms. The maximum absolute atomic E-state index is 12.4. The number of carbonyl (C=O) groups is 1. The second kappa shape index (κ2) is 6.55. The van der Waals surface area contributed by atoms with Crippen LogP contribution in [0.5, 0.6) is 5.88 Å². The smallest absolute Gasteiger partial charge is 0.272 e. The lowest BCUT2D eigenvalue weighted by molar-refractivity contribution is 0.0777. The summed E-state index contributed by atoms with van der Waals surface area (Å²) in [5.41, 5.74) is 1.57. The quantitative estimate of drug-likeness (QED) is 0.844. The highest BCUT2D eigenvalue weighted by Gasteiger charge is 2.28. The molecular formula is C18H20N4O2. The molecule has 0 aromatic carbocycles. The minimum atomic E-state index is -0.00771. The lowest BCUT2D eigenvalue weighted by Gasteiger charge is -2.16. The largest absolute Gasteiger partial charge is 0.476 e. The van der Waals surface area contributed by atoms with Gasteiger partial charge < -0.3 is 9.64 Å². The van der Waals surface area contributed by atoms with Crippen LogP contribution in [-0.4, -0.2) is 45.7 Å². The summed E-state index contributed by atoms with van der Waals surface area (Å²) in [6.07, 6.45) is 5.02. The third-order valence-corrected chi connectivity index (χ3v) is 4.58.